The molecule has 0 amide bonds. The lowest BCUT2D eigenvalue weighted by Crippen LogP contribution is -2.36. The number of halogens is 1. The van der Waals surface area contributed by atoms with Crippen molar-refractivity contribution in [3.63, 3.8) is 0 Å². The van der Waals surface area contributed by atoms with Crippen molar-refractivity contribution in [2.24, 2.45) is 5.92 Å². The smallest absolute Gasteiger partial charge is 0.335 e. The highest BCUT2D eigenvalue weighted by Gasteiger charge is 2.25. The van der Waals surface area contributed by atoms with Gasteiger partial charge >= 0.3 is 11.9 Å². The summed E-state index contributed by atoms with van der Waals surface area (Å²) in [6, 6.07) is 4.55. The summed E-state index contributed by atoms with van der Waals surface area (Å²) in [5.74, 6) is -2.10. The van der Waals surface area contributed by atoms with Crippen LogP contribution in [0.2, 0.25) is 5.02 Å². The first-order valence-electron chi connectivity index (χ1n) is 5.99. The van der Waals surface area contributed by atoms with Gasteiger partial charge in [-0.1, -0.05) is 11.6 Å². The van der Waals surface area contributed by atoms with E-state index in [4.69, 9.17) is 21.8 Å². The van der Waals surface area contributed by atoms with Crippen molar-refractivity contribution < 1.29 is 19.8 Å². The van der Waals surface area contributed by atoms with E-state index in [0.29, 0.717) is 36.6 Å². The van der Waals surface area contributed by atoms with Crippen molar-refractivity contribution >= 4 is 29.2 Å². The summed E-state index contributed by atoms with van der Waals surface area (Å²) >= 11 is 6.08. The Bertz CT molecular complexity index is 509. The molecule has 0 atom stereocenters. The van der Waals surface area contributed by atoms with E-state index >= 15 is 0 Å². The van der Waals surface area contributed by atoms with Crippen LogP contribution in [-0.2, 0) is 4.79 Å². The third kappa shape index (κ3) is 2.98. The maximum atomic E-state index is 10.9. The number of hydrogen-bond donors (Lipinski definition) is 2. The number of carboxylic acid groups (broad SMARTS) is 2. The summed E-state index contributed by atoms with van der Waals surface area (Å²) in [5.41, 5.74) is 0.838. The highest BCUT2D eigenvalue weighted by Crippen LogP contribution is 2.30. The van der Waals surface area contributed by atoms with Crippen molar-refractivity contribution in [1.82, 2.24) is 0 Å². The molecule has 1 heterocycles. The quantitative estimate of drug-likeness (QED) is 0.890. The Morgan fingerprint density at radius 1 is 1.21 bits per heavy atom. The van der Waals surface area contributed by atoms with Gasteiger partial charge in [0.1, 0.15) is 0 Å². The minimum atomic E-state index is -1.00. The van der Waals surface area contributed by atoms with Crippen molar-refractivity contribution in [2.75, 3.05) is 18.0 Å². The van der Waals surface area contributed by atoms with Crippen molar-refractivity contribution in [3.05, 3.63) is 28.8 Å². The summed E-state index contributed by atoms with van der Waals surface area (Å²) in [7, 11) is 0. The highest BCUT2D eigenvalue weighted by molar-refractivity contribution is 6.33. The Morgan fingerprint density at radius 3 is 2.37 bits per heavy atom. The van der Waals surface area contributed by atoms with Crippen LogP contribution in [0.5, 0.6) is 0 Å². The third-order valence-electron chi connectivity index (χ3n) is 3.38. The van der Waals surface area contributed by atoms with E-state index in [1.165, 1.54) is 12.1 Å². The van der Waals surface area contributed by atoms with Gasteiger partial charge in [0.15, 0.2) is 0 Å². The fourth-order valence-electron chi connectivity index (χ4n) is 2.26. The Hall–Kier alpha value is -1.75. The minimum absolute atomic E-state index is 0.180. The van der Waals surface area contributed by atoms with Gasteiger partial charge in [-0.2, -0.15) is 0 Å². The minimum Gasteiger partial charge on any atom is -0.481 e. The van der Waals surface area contributed by atoms with E-state index in [1.54, 1.807) is 6.07 Å². The molecule has 1 aliphatic rings. The number of nitrogens with zero attached hydrogens (tertiary/aromatic N) is 1. The maximum Gasteiger partial charge on any atom is 0.335 e. The lowest BCUT2D eigenvalue weighted by Gasteiger charge is -2.32. The fraction of sp³-hybridized carbons (Fsp3) is 0.385. The van der Waals surface area contributed by atoms with E-state index < -0.39 is 11.9 Å². The fourth-order valence-corrected chi connectivity index (χ4v) is 2.49. The van der Waals surface area contributed by atoms with E-state index in [1.807, 2.05) is 4.90 Å². The molecule has 0 aliphatic carbocycles. The van der Waals surface area contributed by atoms with Gasteiger partial charge in [0.25, 0.3) is 0 Å². The molecule has 0 saturated carbocycles. The number of hydrogen-bond acceptors (Lipinski definition) is 3. The van der Waals surface area contributed by atoms with Gasteiger partial charge < -0.3 is 15.1 Å². The molecule has 0 aromatic heterocycles. The van der Waals surface area contributed by atoms with E-state index in [0.717, 1.165) is 0 Å². The van der Waals surface area contributed by atoms with Gasteiger partial charge in [0, 0.05) is 13.1 Å². The van der Waals surface area contributed by atoms with E-state index in [9.17, 15) is 9.59 Å². The van der Waals surface area contributed by atoms with Crippen molar-refractivity contribution in [3.8, 4) is 0 Å². The van der Waals surface area contributed by atoms with Gasteiger partial charge in [0.2, 0.25) is 0 Å². The van der Waals surface area contributed by atoms with Crippen LogP contribution in [0.15, 0.2) is 18.2 Å². The third-order valence-corrected chi connectivity index (χ3v) is 3.70. The Balaban J connectivity index is 2.17. The molecule has 0 spiro atoms. The molecule has 5 nitrogen and oxygen atoms in total. The lowest BCUT2D eigenvalue weighted by atomic mass is 9.96. The second-order valence-corrected chi connectivity index (χ2v) is 4.98. The van der Waals surface area contributed by atoms with Crippen molar-refractivity contribution in [2.45, 2.75) is 12.8 Å². The molecule has 2 rings (SSSR count). The van der Waals surface area contributed by atoms with Crippen LogP contribution in [0.25, 0.3) is 0 Å². The first-order chi connectivity index (χ1) is 8.99. The van der Waals surface area contributed by atoms with Gasteiger partial charge in [-0.05, 0) is 31.0 Å². The number of carbonyl (C=O) groups is 2. The second-order valence-electron chi connectivity index (χ2n) is 4.57. The van der Waals surface area contributed by atoms with Crippen LogP contribution in [0.4, 0.5) is 5.69 Å². The summed E-state index contributed by atoms with van der Waals surface area (Å²) in [5, 5.41) is 18.4. The molecule has 0 unspecified atom stereocenters. The predicted octanol–water partition coefficient (Wildman–Crippen LogP) is 2.34. The lowest BCUT2D eigenvalue weighted by molar-refractivity contribution is -0.142. The zero-order valence-electron chi connectivity index (χ0n) is 10.2. The van der Waals surface area contributed by atoms with Crippen LogP contribution in [0.1, 0.15) is 23.2 Å². The zero-order valence-corrected chi connectivity index (χ0v) is 10.9. The zero-order chi connectivity index (χ0) is 14.0. The van der Waals surface area contributed by atoms with Gasteiger partial charge in [-0.25, -0.2) is 4.79 Å². The van der Waals surface area contributed by atoms with Gasteiger partial charge in [-0.3, -0.25) is 4.79 Å². The summed E-state index contributed by atoms with van der Waals surface area (Å²) < 4.78 is 0. The number of aliphatic carboxylic acids is 1. The highest BCUT2D eigenvalue weighted by atomic mass is 35.5. The summed E-state index contributed by atoms with van der Waals surface area (Å²) in [6.07, 6.45) is 1.09. The molecular formula is C13H14ClNO4. The first-order valence-corrected chi connectivity index (χ1v) is 6.37. The average Bonchev–Trinajstić information content (AvgIpc) is 2.39. The van der Waals surface area contributed by atoms with Crippen LogP contribution < -0.4 is 4.90 Å². The Kier molecular flexibility index (Phi) is 3.95. The number of carboxylic acids is 2. The molecule has 2 N–H and O–H groups in total. The normalized spacial score (nSPS) is 16.4. The summed E-state index contributed by atoms with van der Waals surface area (Å²) in [6.45, 7) is 1.14. The predicted molar refractivity (Wildman–Crippen MR) is 71.0 cm³/mol. The molecular weight excluding hydrogens is 270 g/mol. The molecule has 0 radical (unpaired) electrons. The number of benzene rings is 1. The van der Waals surface area contributed by atoms with Crippen LogP contribution in [-0.4, -0.2) is 35.2 Å². The standard InChI is InChI=1S/C13H14ClNO4/c14-10-2-1-9(13(18)19)7-11(10)15-5-3-8(4-6-15)12(16)17/h1-2,7-8H,3-6H2,(H,16,17)(H,18,19). The second kappa shape index (κ2) is 5.48. The first kappa shape index (κ1) is 13.7. The molecule has 0 bridgehead atoms. The number of piperidine rings is 1. The molecule has 1 saturated heterocycles. The molecule has 1 aliphatic heterocycles. The number of rotatable bonds is 3. The van der Waals surface area contributed by atoms with Gasteiger partial charge in [-0.15, -0.1) is 0 Å². The van der Waals surface area contributed by atoms with Crippen LogP contribution in [0.3, 0.4) is 0 Å². The van der Waals surface area contributed by atoms with Gasteiger partial charge in [0.05, 0.1) is 22.2 Å². The average molecular weight is 284 g/mol. The number of aromatic carboxylic acids is 1. The molecule has 1 fully saturated rings. The molecule has 1 aromatic rings. The summed E-state index contributed by atoms with van der Waals surface area (Å²) in [4.78, 5) is 23.8. The van der Waals surface area contributed by atoms with Crippen molar-refractivity contribution in [1.29, 1.82) is 0 Å². The molecule has 1 aromatic carbocycles. The Labute approximate surface area is 115 Å². The largest absolute Gasteiger partial charge is 0.481 e. The van der Waals surface area contributed by atoms with Crippen LogP contribution in [0, 0.1) is 5.92 Å². The topological polar surface area (TPSA) is 77.8 Å². The molecule has 102 valence electrons. The molecule has 6 heteroatoms. The monoisotopic (exact) mass is 283 g/mol. The van der Waals surface area contributed by atoms with Crippen LogP contribution >= 0.6 is 11.6 Å². The maximum absolute atomic E-state index is 10.9. The molecule has 19 heavy (non-hydrogen) atoms. The van der Waals surface area contributed by atoms with E-state index in [-0.39, 0.29) is 11.5 Å². The van der Waals surface area contributed by atoms with E-state index in [2.05, 4.69) is 0 Å². The Morgan fingerprint density at radius 2 is 1.84 bits per heavy atom. The number of anilines is 1. The SMILES string of the molecule is O=C(O)c1ccc(Cl)c(N2CCC(C(=O)O)CC2)c1.